The Bertz CT molecular complexity index is 3200. The highest BCUT2D eigenvalue weighted by atomic mass is 32.1. The van der Waals surface area contributed by atoms with E-state index in [1.54, 1.807) is 0 Å². The van der Waals surface area contributed by atoms with E-state index in [-0.39, 0.29) is 0 Å². The molecular formula is C52H34N2S. The summed E-state index contributed by atoms with van der Waals surface area (Å²) in [6, 6.07) is 75.2. The summed E-state index contributed by atoms with van der Waals surface area (Å²) in [5.41, 5.74) is 11.8. The molecule has 0 spiro atoms. The van der Waals surface area contributed by atoms with Crippen LogP contribution in [0.15, 0.2) is 206 Å². The van der Waals surface area contributed by atoms with E-state index in [0.717, 1.165) is 17.1 Å². The quantitative estimate of drug-likeness (QED) is 0.166. The summed E-state index contributed by atoms with van der Waals surface area (Å²) in [6.07, 6.45) is 0. The first kappa shape index (κ1) is 31.6. The zero-order valence-electron chi connectivity index (χ0n) is 29.9. The fraction of sp³-hybridized carbons (Fsp3) is 0. The summed E-state index contributed by atoms with van der Waals surface area (Å²) in [6.45, 7) is 0. The molecule has 11 rings (SSSR count). The first-order chi connectivity index (χ1) is 27.3. The molecule has 0 saturated heterocycles. The fourth-order valence-electron chi connectivity index (χ4n) is 8.37. The number of hydrogen-bond acceptors (Lipinski definition) is 2. The van der Waals surface area contributed by atoms with Gasteiger partial charge >= 0.3 is 0 Å². The van der Waals surface area contributed by atoms with Crippen molar-refractivity contribution in [3.05, 3.63) is 206 Å². The van der Waals surface area contributed by atoms with Crippen LogP contribution in [0.4, 0.5) is 17.1 Å². The minimum absolute atomic E-state index is 1.12. The van der Waals surface area contributed by atoms with E-state index >= 15 is 0 Å². The van der Waals surface area contributed by atoms with Crippen LogP contribution in [0.2, 0.25) is 0 Å². The molecule has 9 aromatic carbocycles. The van der Waals surface area contributed by atoms with E-state index < -0.39 is 0 Å². The summed E-state index contributed by atoms with van der Waals surface area (Å²) in [5.74, 6) is 0. The van der Waals surface area contributed by atoms with Crippen LogP contribution in [0, 0.1) is 0 Å². The molecule has 0 aliphatic rings. The maximum Gasteiger partial charge on any atom is 0.0547 e. The monoisotopic (exact) mass is 718 g/mol. The van der Waals surface area contributed by atoms with Gasteiger partial charge in [0.2, 0.25) is 0 Å². The number of aromatic nitrogens is 1. The van der Waals surface area contributed by atoms with Crippen molar-refractivity contribution < 1.29 is 0 Å². The second-order valence-corrected chi connectivity index (χ2v) is 15.2. The van der Waals surface area contributed by atoms with Crippen molar-refractivity contribution in [2.24, 2.45) is 0 Å². The van der Waals surface area contributed by atoms with Gasteiger partial charge in [-0.3, -0.25) is 0 Å². The Morgan fingerprint density at radius 2 is 0.927 bits per heavy atom. The van der Waals surface area contributed by atoms with Gasteiger partial charge in [-0.15, -0.1) is 11.3 Å². The summed E-state index contributed by atoms with van der Waals surface area (Å²) >= 11 is 1.85. The molecular weight excluding hydrogens is 685 g/mol. The predicted octanol–water partition coefficient (Wildman–Crippen LogP) is 15.1. The van der Waals surface area contributed by atoms with Gasteiger partial charge in [-0.05, 0) is 100 Å². The lowest BCUT2D eigenvalue weighted by molar-refractivity contribution is 1.20. The van der Waals surface area contributed by atoms with Gasteiger partial charge in [-0.25, -0.2) is 0 Å². The van der Waals surface area contributed by atoms with Crippen molar-refractivity contribution >= 4 is 81.1 Å². The molecule has 0 aliphatic heterocycles. The highest BCUT2D eigenvalue weighted by Crippen LogP contribution is 2.42. The molecule has 2 aromatic heterocycles. The van der Waals surface area contributed by atoms with Crippen LogP contribution in [0.3, 0.4) is 0 Å². The van der Waals surface area contributed by atoms with Gasteiger partial charge in [0, 0.05) is 53.4 Å². The number of nitrogens with zero attached hydrogens (tertiary/aromatic N) is 2. The largest absolute Gasteiger partial charge is 0.310 e. The van der Waals surface area contributed by atoms with E-state index in [0.29, 0.717) is 0 Å². The third-order valence-corrected chi connectivity index (χ3v) is 12.1. The third kappa shape index (κ3) is 5.32. The fourth-order valence-corrected chi connectivity index (χ4v) is 9.46. The summed E-state index contributed by atoms with van der Waals surface area (Å²) < 4.78 is 5.07. The number of hydrogen-bond donors (Lipinski definition) is 0. The van der Waals surface area contributed by atoms with E-state index in [9.17, 15) is 0 Å². The summed E-state index contributed by atoms with van der Waals surface area (Å²) in [4.78, 5) is 2.36. The number of anilines is 3. The molecule has 0 aliphatic carbocycles. The van der Waals surface area contributed by atoms with Crippen LogP contribution in [-0.4, -0.2) is 4.57 Å². The molecule has 55 heavy (non-hydrogen) atoms. The van der Waals surface area contributed by atoms with Crippen LogP contribution < -0.4 is 4.90 Å². The Hall–Kier alpha value is -6.94. The van der Waals surface area contributed by atoms with E-state index in [2.05, 4.69) is 216 Å². The Morgan fingerprint density at radius 3 is 1.80 bits per heavy atom. The lowest BCUT2D eigenvalue weighted by Gasteiger charge is -2.26. The number of thiophene rings is 1. The molecule has 0 atom stereocenters. The van der Waals surface area contributed by atoms with E-state index in [1.807, 2.05) is 11.3 Å². The molecule has 258 valence electrons. The molecule has 0 amide bonds. The average Bonchev–Trinajstić information content (AvgIpc) is 3.79. The zero-order valence-corrected chi connectivity index (χ0v) is 30.7. The van der Waals surface area contributed by atoms with Crippen LogP contribution in [-0.2, 0) is 0 Å². The van der Waals surface area contributed by atoms with Gasteiger partial charge in [0.1, 0.15) is 0 Å². The maximum atomic E-state index is 2.44. The van der Waals surface area contributed by atoms with Crippen molar-refractivity contribution in [3.8, 4) is 27.9 Å². The Morgan fingerprint density at radius 1 is 0.327 bits per heavy atom. The summed E-state index contributed by atoms with van der Waals surface area (Å²) in [5, 5.41) is 7.61. The standard InChI is InChI=1S/C52H34N2S/c1-2-16-40(17-3-1)53(42-29-31-52-47(34-42)46-20-7-9-23-51(46)55-52)41-27-24-35(25-28-41)37-14-10-15-38(32-37)39-26-30-45-44-19-6-8-21-49(44)54(50(45)33-39)48-22-11-13-36-12-4-5-18-43(36)48/h1-34H. The van der Waals surface area contributed by atoms with Crippen molar-refractivity contribution in [1.82, 2.24) is 4.57 Å². The average molecular weight is 719 g/mol. The molecule has 0 unspecified atom stereocenters. The zero-order chi connectivity index (χ0) is 36.3. The molecule has 2 nitrogen and oxygen atoms in total. The van der Waals surface area contributed by atoms with Gasteiger partial charge in [0.05, 0.1) is 16.7 Å². The Labute approximate surface area is 323 Å². The second-order valence-electron chi connectivity index (χ2n) is 14.2. The first-order valence-corrected chi connectivity index (χ1v) is 19.6. The topological polar surface area (TPSA) is 8.17 Å². The van der Waals surface area contributed by atoms with Crippen molar-refractivity contribution in [3.63, 3.8) is 0 Å². The number of fused-ring (bicyclic) bond motifs is 7. The highest BCUT2D eigenvalue weighted by molar-refractivity contribution is 7.25. The van der Waals surface area contributed by atoms with E-state index in [1.165, 1.54) is 80.7 Å². The summed E-state index contributed by atoms with van der Waals surface area (Å²) in [7, 11) is 0. The van der Waals surface area contributed by atoms with Gasteiger partial charge in [0.25, 0.3) is 0 Å². The molecule has 0 bridgehead atoms. The van der Waals surface area contributed by atoms with Crippen molar-refractivity contribution in [1.29, 1.82) is 0 Å². The molecule has 0 N–H and O–H groups in total. The second kappa shape index (κ2) is 12.9. The highest BCUT2D eigenvalue weighted by Gasteiger charge is 2.17. The van der Waals surface area contributed by atoms with Gasteiger partial charge in [0.15, 0.2) is 0 Å². The van der Waals surface area contributed by atoms with Crippen molar-refractivity contribution in [2.45, 2.75) is 0 Å². The number of rotatable bonds is 6. The van der Waals surface area contributed by atoms with Crippen molar-refractivity contribution in [2.75, 3.05) is 4.90 Å². The van der Waals surface area contributed by atoms with Gasteiger partial charge in [-0.2, -0.15) is 0 Å². The lowest BCUT2D eigenvalue weighted by Crippen LogP contribution is -2.09. The SMILES string of the molecule is c1ccc(N(c2ccc(-c3cccc(-c4ccc5c6ccccc6n(-c6cccc7ccccc67)c5c4)c3)cc2)c2ccc3sc4ccccc4c3c2)cc1. The molecule has 0 fully saturated rings. The van der Waals surface area contributed by atoms with Crippen LogP contribution in [0.1, 0.15) is 0 Å². The maximum absolute atomic E-state index is 2.44. The molecule has 3 heteroatoms. The third-order valence-electron chi connectivity index (χ3n) is 11.0. The Kier molecular flexibility index (Phi) is 7.39. The smallest absolute Gasteiger partial charge is 0.0547 e. The van der Waals surface area contributed by atoms with Crippen LogP contribution in [0.5, 0.6) is 0 Å². The van der Waals surface area contributed by atoms with Crippen LogP contribution in [0.25, 0.3) is 80.7 Å². The number of benzene rings is 9. The minimum atomic E-state index is 1.12. The first-order valence-electron chi connectivity index (χ1n) is 18.8. The van der Waals surface area contributed by atoms with Gasteiger partial charge < -0.3 is 9.47 Å². The van der Waals surface area contributed by atoms with E-state index in [4.69, 9.17) is 0 Å². The normalized spacial score (nSPS) is 11.6. The van der Waals surface area contributed by atoms with Gasteiger partial charge in [-0.1, -0.05) is 133 Å². The van der Waals surface area contributed by atoms with Crippen LogP contribution >= 0.6 is 11.3 Å². The minimum Gasteiger partial charge on any atom is -0.310 e. The molecule has 0 saturated carbocycles. The molecule has 2 heterocycles. The number of para-hydroxylation sites is 2. The lowest BCUT2D eigenvalue weighted by atomic mass is 9.98. The predicted molar refractivity (Wildman–Crippen MR) is 237 cm³/mol. The molecule has 11 aromatic rings. The molecule has 0 radical (unpaired) electrons. The Balaban J connectivity index is 0.986.